The lowest BCUT2D eigenvalue weighted by Crippen LogP contribution is -2.23. The largest absolute Gasteiger partial charge is 0.463 e. The van der Waals surface area contributed by atoms with Crippen molar-refractivity contribution >= 4 is 61.2 Å². The maximum atomic E-state index is 13.8. The maximum Gasteiger partial charge on any atom is 0.293 e. The smallest absolute Gasteiger partial charge is 0.293 e. The molecule has 6 aromatic rings. The van der Waals surface area contributed by atoms with Crippen molar-refractivity contribution in [2.75, 3.05) is 18.0 Å². The van der Waals surface area contributed by atoms with E-state index in [4.69, 9.17) is 9.72 Å². The van der Waals surface area contributed by atoms with Crippen LogP contribution < -0.4 is 10.5 Å². The van der Waals surface area contributed by atoms with E-state index in [1.54, 1.807) is 4.40 Å². The van der Waals surface area contributed by atoms with Crippen LogP contribution in [0.3, 0.4) is 0 Å². The molecular formula is C27H19N3O3. The Hall–Kier alpha value is -4.19. The highest BCUT2D eigenvalue weighted by Crippen LogP contribution is 2.37. The van der Waals surface area contributed by atoms with E-state index in [1.807, 2.05) is 36.4 Å². The molecule has 0 amide bonds. The van der Waals surface area contributed by atoms with Gasteiger partial charge in [0.15, 0.2) is 0 Å². The molecule has 7 rings (SSSR count). The average molecular weight is 433 g/mol. The fourth-order valence-corrected chi connectivity index (χ4v) is 5.53. The summed E-state index contributed by atoms with van der Waals surface area (Å²) in [6, 6.07) is 22.2. The van der Waals surface area contributed by atoms with Crippen LogP contribution in [0.5, 0.6) is 0 Å². The van der Waals surface area contributed by atoms with E-state index in [0.717, 1.165) is 56.6 Å². The van der Waals surface area contributed by atoms with Crippen LogP contribution in [0.2, 0.25) is 0 Å². The lowest BCUT2D eigenvalue weighted by molar-refractivity contribution is -0.132. The summed E-state index contributed by atoms with van der Waals surface area (Å²) in [5, 5.41) is 5.66. The third-order valence-electron chi connectivity index (χ3n) is 6.97. The fraction of sp³-hybridized carbons (Fsp3) is 0.148. The summed E-state index contributed by atoms with van der Waals surface area (Å²) in [5.41, 5.74) is 3.41. The van der Waals surface area contributed by atoms with Gasteiger partial charge in [-0.05, 0) is 35.7 Å². The molecule has 0 N–H and O–H groups in total. The Kier molecular flexibility index (Phi) is 3.71. The number of hydrogen-bond acceptors (Lipinski definition) is 5. The van der Waals surface area contributed by atoms with Crippen molar-refractivity contribution < 1.29 is 9.53 Å². The topological polar surface area (TPSA) is 63.9 Å². The minimum absolute atomic E-state index is 0.0606. The van der Waals surface area contributed by atoms with Crippen molar-refractivity contribution in [1.29, 1.82) is 0 Å². The van der Waals surface area contributed by atoms with Gasteiger partial charge in [0, 0.05) is 45.6 Å². The molecule has 6 nitrogen and oxygen atoms in total. The number of nitrogens with zero attached hydrogens (tertiary/aromatic N) is 3. The Morgan fingerprint density at radius 2 is 1.73 bits per heavy atom. The summed E-state index contributed by atoms with van der Waals surface area (Å²) in [6.45, 7) is 1.97. The van der Waals surface area contributed by atoms with Crippen molar-refractivity contribution in [3.05, 3.63) is 77.1 Å². The quantitative estimate of drug-likeness (QED) is 0.234. The van der Waals surface area contributed by atoms with Crippen molar-refractivity contribution in [2.24, 2.45) is 0 Å². The third kappa shape index (κ3) is 2.46. The molecule has 1 unspecified atom stereocenters. The predicted octanol–water partition coefficient (Wildman–Crippen LogP) is 4.50. The molecule has 0 bridgehead atoms. The van der Waals surface area contributed by atoms with Crippen LogP contribution >= 0.6 is 0 Å². The number of pyridine rings is 1. The van der Waals surface area contributed by atoms with Crippen LogP contribution in [-0.2, 0) is 9.53 Å². The van der Waals surface area contributed by atoms with Gasteiger partial charge < -0.3 is 9.64 Å². The minimum Gasteiger partial charge on any atom is -0.463 e. The first-order chi connectivity index (χ1) is 16.2. The molecule has 33 heavy (non-hydrogen) atoms. The molecule has 2 aromatic heterocycles. The van der Waals surface area contributed by atoms with Gasteiger partial charge in [-0.3, -0.25) is 14.0 Å². The van der Waals surface area contributed by atoms with Crippen LogP contribution in [0, 0.1) is 0 Å². The molecule has 3 heterocycles. The Balaban J connectivity index is 1.59. The predicted molar refractivity (Wildman–Crippen MR) is 130 cm³/mol. The first-order valence-corrected chi connectivity index (χ1v) is 11.1. The zero-order valence-corrected chi connectivity index (χ0v) is 17.7. The number of benzene rings is 4. The van der Waals surface area contributed by atoms with Gasteiger partial charge in [-0.2, -0.15) is 0 Å². The molecule has 6 heteroatoms. The molecule has 1 atom stereocenters. The van der Waals surface area contributed by atoms with Crippen molar-refractivity contribution in [1.82, 2.24) is 9.38 Å². The van der Waals surface area contributed by atoms with E-state index < -0.39 is 0 Å². The second-order valence-corrected chi connectivity index (χ2v) is 8.68. The molecular weight excluding hydrogens is 414 g/mol. The number of ether oxygens (including phenoxy) is 1. The van der Waals surface area contributed by atoms with Gasteiger partial charge >= 0.3 is 0 Å². The summed E-state index contributed by atoms with van der Waals surface area (Å²) in [7, 11) is 0. The fourth-order valence-electron chi connectivity index (χ4n) is 5.53. The van der Waals surface area contributed by atoms with E-state index in [2.05, 4.69) is 35.2 Å². The minimum atomic E-state index is -0.106. The average Bonchev–Trinajstić information content (AvgIpc) is 3.31. The van der Waals surface area contributed by atoms with Gasteiger partial charge in [0.05, 0.1) is 17.6 Å². The summed E-state index contributed by atoms with van der Waals surface area (Å²) < 4.78 is 6.95. The van der Waals surface area contributed by atoms with Crippen molar-refractivity contribution in [2.45, 2.75) is 12.5 Å². The highest BCUT2D eigenvalue weighted by atomic mass is 16.5. The Labute approximate surface area is 188 Å². The van der Waals surface area contributed by atoms with E-state index in [9.17, 15) is 9.59 Å². The van der Waals surface area contributed by atoms with Crippen LogP contribution in [0.25, 0.3) is 49.0 Å². The number of anilines is 1. The molecule has 0 aliphatic carbocycles. The number of carbonyl (C=O) groups is 1. The van der Waals surface area contributed by atoms with Gasteiger partial charge in [-0.1, -0.05) is 36.4 Å². The van der Waals surface area contributed by atoms with Crippen molar-refractivity contribution in [3.63, 3.8) is 0 Å². The number of fused-ring (bicyclic) bond motifs is 3. The van der Waals surface area contributed by atoms with Gasteiger partial charge in [-0.25, -0.2) is 4.98 Å². The molecule has 0 saturated carbocycles. The Morgan fingerprint density at radius 1 is 0.909 bits per heavy atom. The summed E-state index contributed by atoms with van der Waals surface area (Å²) >= 11 is 0. The van der Waals surface area contributed by atoms with Gasteiger partial charge in [0.1, 0.15) is 11.8 Å². The lowest BCUT2D eigenvalue weighted by Gasteiger charge is -2.22. The van der Waals surface area contributed by atoms with Crippen molar-refractivity contribution in [3.8, 4) is 0 Å². The second-order valence-electron chi connectivity index (χ2n) is 8.68. The summed E-state index contributed by atoms with van der Waals surface area (Å²) in [6.07, 6.45) is 0.687. The summed E-state index contributed by atoms with van der Waals surface area (Å²) in [5.74, 6) is 0. The standard InChI is InChI=1S/C27H19N3O3/c31-15-33-17-12-13-29(14-17)22-11-10-19-25-18(22)6-3-7-20(25)27(32)30-23-9-2-5-16-4-1-8-21(24(16)23)28-26(19)30/h1-11,15,17H,12-14H2. The molecule has 1 aliphatic rings. The lowest BCUT2D eigenvalue weighted by atomic mass is 9.99. The normalized spacial score (nSPS) is 16.6. The summed E-state index contributed by atoms with van der Waals surface area (Å²) in [4.78, 5) is 31.8. The second kappa shape index (κ2) is 6.65. The highest BCUT2D eigenvalue weighted by molar-refractivity contribution is 6.19. The van der Waals surface area contributed by atoms with Gasteiger partial charge in [0.25, 0.3) is 12.0 Å². The molecule has 160 valence electrons. The van der Waals surface area contributed by atoms with E-state index in [0.29, 0.717) is 24.1 Å². The molecule has 0 spiro atoms. The molecule has 1 fully saturated rings. The maximum absolute atomic E-state index is 13.8. The molecule has 1 saturated heterocycles. The number of rotatable bonds is 3. The van der Waals surface area contributed by atoms with E-state index in [-0.39, 0.29) is 11.7 Å². The van der Waals surface area contributed by atoms with Crippen LogP contribution in [-0.4, -0.2) is 35.1 Å². The highest BCUT2D eigenvalue weighted by Gasteiger charge is 2.26. The Morgan fingerprint density at radius 3 is 2.61 bits per heavy atom. The monoisotopic (exact) mass is 433 g/mol. The van der Waals surface area contributed by atoms with Crippen LogP contribution in [0.4, 0.5) is 5.69 Å². The van der Waals surface area contributed by atoms with E-state index >= 15 is 0 Å². The number of carbonyl (C=O) groups excluding carboxylic acids is 1. The molecule has 4 aromatic carbocycles. The molecule has 1 aliphatic heterocycles. The van der Waals surface area contributed by atoms with Gasteiger partial charge in [0.2, 0.25) is 0 Å². The number of aromatic nitrogens is 2. The Bertz CT molecular complexity index is 1780. The zero-order valence-electron chi connectivity index (χ0n) is 17.7. The first-order valence-electron chi connectivity index (χ1n) is 11.1. The van der Waals surface area contributed by atoms with Crippen LogP contribution in [0.15, 0.2) is 71.5 Å². The molecule has 0 radical (unpaired) electrons. The third-order valence-corrected chi connectivity index (χ3v) is 6.97. The van der Waals surface area contributed by atoms with Crippen LogP contribution in [0.1, 0.15) is 6.42 Å². The van der Waals surface area contributed by atoms with E-state index in [1.165, 1.54) is 0 Å². The number of hydrogen-bond donors (Lipinski definition) is 0. The zero-order chi connectivity index (χ0) is 22.1. The first kappa shape index (κ1) is 18.4. The SMILES string of the molecule is O=COC1CCN(c2ccc3c4c2cccc4c(=O)n2c4cccc5cccc(nc32)c54)C1. The van der Waals surface area contributed by atoms with Gasteiger partial charge in [-0.15, -0.1) is 0 Å².